The summed E-state index contributed by atoms with van der Waals surface area (Å²) in [5, 5.41) is 2.93. The third-order valence-electron chi connectivity index (χ3n) is 5.08. The zero-order chi connectivity index (χ0) is 22.8. The summed E-state index contributed by atoms with van der Waals surface area (Å²) < 4.78 is 11.5. The normalized spacial score (nSPS) is 15.2. The fourth-order valence-corrected chi connectivity index (χ4v) is 3.50. The van der Waals surface area contributed by atoms with E-state index in [0.29, 0.717) is 17.0 Å². The molecule has 4 rings (SSSR count). The van der Waals surface area contributed by atoms with Gasteiger partial charge in [0.2, 0.25) is 0 Å². The van der Waals surface area contributed by atoms with Gasteiger partial charge in [0.25, 0.3) is 11.8 Å². The van der Waals surface area contributed by atoms with Gasteiger partial charge in [0.15, 0.2) is 0 Å². The first-order valence-corrected chi connectivity index (χ1v) is 9.63. The van der Waals surface area contributed by atoms with Gasteiger partial charge in [0.05, 0.1) is 19.9 Å². The molecule has 1 fully saturated rings. The van der Waals surface area contributed by atoms with Crippen LogP contribution in [0.15, 0.2) is 60.3 Å². The van der Waals surface area contributed by atoms with Crippen LogP contribution in [0.2, 0.25) is 0 Å². The molecule has 2 aromatic carbocycles. The summed E-state index contributed by atoms with van der Waals surface area (Å²) in [4.78, 5) is 50.7. The lowest BCUT2D eigenvalue weighted by Gasteiger charge is -2.26. The summed E-state index contributed by atoms with van der Waals surface area (Å²) in [6, 6.07) is 12.7. The van der Waals surface area contributed by atoms with Crippen molar-refractivity contribution >= 4 is 46.5 Å². The Morgan fingerprint density at radius 3 is 2.44 bits per heavy atom. The van der Waals surface area contributed by atoms with Gasteiger partial charge in [-0.2, -0.15) is 0 Å². The highest BCUT2D eigenvalue weighted by atomic mass is 16.5. The number of benzene rings is 2. The highest BCUT2D eigenvalue weighted by Gasteiger charge is 2.37. The quantitative estimate of drug-likeness (QED) is 0.376. The number of methoxy groups -OCH3 is 2. The number of hydrogen-bond donors (Lipinski definition) is 1. The van der Waals surface area contributed by atoms with E-state index in [1.165, 1.54) is 20.3 Å². The van der Waals surface area contributed by atoms with E-state index in [1.807, 2.05) is 24.3 Å². The summed E-state index contributed by atoms with van der Waals surface area (Å²) in [6.07, 6.45) is 3.07. The minimum absolute atomic E-state index is 0.0310. The molecule has 2 heterocycles. The van der Waals surface area contributed by atoms with Gasteiger partial charge in [-0.05, 0) is 36.4 Å². The second-order valence-corrected chi connectivity index (χ2v) is 6.96. The molecule has 0 bridgehead atoms. The first-order valence-electron chi connectivity index (χ1n) is 9.63. The van der Waals surface area contributed by atoms with Crippen molar-refractivity contribution in [3.05, 3.63) is 65.9 Å². The molecule has 4 amide bonds. The third kappa shape index (κ3) is 3.71. The van der Waals surface area contributed by atoms with Crippen molar-refractivity contribution in [3.63, 3.8) is 0 Å². The maximum Gasteiger partial charge on any atom is 0.335 e. The van der Waals surface area contributed by atoms with E-state index in [9.17, 15) is 19.2 Å². The average molecular weight is 433 g/mol. The van der Waals surface area contributed by atoms with E-state index in [2.05, 4.69) is 5.32 Å². The second-order valence-electron chi connectivity index (χ2n) is 6.96. The van der Waals surface area contributed by atoms with Crippen LogP contribution in [0.5, 0.6) is 5.75 Å². The van der Waals surface area contributed by atoms with E-state index in [0.717, 1.165) is 15.8 Å². The molecular weight excluding hydrogens is 414 g/mol. The van der Waals surface area contributed by atoms with E-state index < -0.39 is 23.8 Å². The van der Waals surface area contributed by atoms with Crippen LogP contribution in [-0.2, 0) is 25.7 Å². The lowest BCUT2D eigenvalue weighted by atomic mass is 10.1. The molecule has 0 saturated carbocycles. The molecule has 0 aliphatic carbocycles. The van der Waals surface area contributed by atoms with Crippen LogP contribution in [0.3, 0.4) is 0 Å². The van der Waals surface area contributed by atoms with Gasteiger partial charge in [0, 0.05) is 22.7 Å². The number of amides is 4. The van der Waals surface area contributed by atoms with Gasteiger partial charge >= 0.3 is 12.0 Å². The number of rotatable bonds is 5. The molecule has 0 spiro atoms. The number of carbonyl (C=O) groups excluding carboxylic acids is 4. The van der Waals surface area contributed by atoms with Crippen LogP contribution < -0.4 is 15.0 Å². The number of aromatic nitrogens is 1. The Morgan fingerprint density at radius 2 is 1.75 bits per heavy atom. The number of hydrogen-bond acceptors (Lipinski definition) is 6. The fraction of sp³-hybridized carbons (Fsp3) is 0.130. The fourth-order valence-electron chi connectivity index (χ4n) is 3.50. The van der Waals surface area contributed by atoms with Crippen molar-refractivity contribution in [3.8, 4) is 5.75 Å². The number of fused-ring (bicyclic) bond motifs is 1. The van der Waals surface area contributed by atoms with Crippen LogP contribution in [0.4, 0.5) is 10.5 Å². The number of imide groups is 2. The van der Waals surface area contributed by atoms with Gasteiger partial charge in [-0.3, -0.25) is 19.7 Å². The molecule has 0 radical (unpaired) electrons. The minimum Gasteiger partial charge on any atom is -0.497 e. The molecule has 9 nitrogen and oxygen atoms in total. The minimum atomic E-state index is -0.838. The van der Waals surface area contributed by atoms with E-state index in [-0.39, 0.29) is 12.1 Å². The predicted octanol–water partition coefficient (Wildman–Crippen LogP) is 2.49. The van der Waals surface area contributed by atoms with E-state index >= 15 is 0 Å². The Balaban J connectivity index is 1.76. The average Bonchev–Trinajstić information content (AvgIpc) is 3.14. The Kier molecular flexibility index (Phi) is 5.46. The monoisotopic (exact) mass is 433 g/mol. The summed E-state index contributed by atoms with van der Waals surface area (Å²) in [5.74, 6) is -1.43. The third-order valence-corrected chi connectivity index (χ3v) is 5.08. The lowest BCUT2D eigenvalue weighted by molar-refractivity contribution is -0.141. The van der Waals surface area contributed by atoms with Crippen molar-refractivity contribution in [2.45, 2.75) is 6.54 Å². The number of nitrogens with zero attached hydrogens (tertiary/aromatic N) is 2. The number of para-hydroxylation sites is 1. The maximum absolute atomic E-state index is 13.1. The van der Waals surface area contributed by atoms with Crippen LogP contribution >= 0.6 is 0 Å². The maximum atomic E-state index is 13.1. The SMILES string of the molecule is COC(=O)Cn1cc(C=C2C(=O)NC(=O)N(c3ccc(OC)cc3)C2=O)c2ccccc21. The van der Waals surface area contributed by atoms with Gasteiger partial charge in [-0.15, -0.1) is 0 Å². The van der Waals surface area contributed by atoms with Gasteiger partial charge in [-0.25, -0.2) is 9.69 Å². The molecule has 1 N–H and O–H groups in total. The lowest BCUT2D eigenvalue weighted by Crippen LogP contribution is -2.54. The van der Waals surface area contributed by atoms with E-state index in [4.69, 9.17) is 9.47 Å². The number of carbonyl (C=O) groups is 4. The molecule has 162 valence electrons. The van der Waals surface area contributed by atoms with Crippen LogP contribution in [0.1, 0.15) is 5.56 Å². The number of barbiturate groups is 1. The van der Waals surface area contributed by atoms with Crippen molar-refractivity contribution in [1.82, 2.24) is 9.88 Å². The summed E-state index contributed by atoms with van der Waals surface area (Å²) >= 11 is 0. The Morgan fingerprint density at radius 1 is 1.03 bits per heavy atom. The second kappa shape index (κ2) is 8.38. The Bertz CT molecular complexity index is 1270. The standard InChI is InChI=1S/C23H19N3O6/c1-31-16-9-7-15(8-10-16)26-22(29)18(21(28)24-23(26)30)11-14-12-25(13-20(27)32-2)19-6-4-3-5-17(14)19/h3-12H,13H2,1-2H3,(H,24,28,30). The molecule has 3 aromatic rings. The molecule has 0 atom stereocenters. The molecule has 9 heteroatoms. The summed E-state index contributed by atoms with van der Waals surface area (Å²) in [5.41, 5.74) is 1.37. The summed E-state index contributed by atoms with van der Waals surface area (Å²) in [6.45, 7) is -0.0310. The summed E-state index contributed by atoms with van der Waals surface area (Å²) in [7, 11) is 2.80. The molecule has 1 aliphatic rings. The Hall–Kier alpha value is -4.40. The molecule has 1 saturated heterocycles. The highest BCUT2D eigenvalue weighted by molar-refractivity contribution is 6.39. The molecular formula is C23H19N3O6. The number of nitrogens with one attached hydrogen (secondary N) is 1. The zero-order valence-electron chi connectivity index (χ0n) is 17.3. The van der Waals surface area contributed by atoms with Gasteiger partial charge < -0.3 is 14.0 Å². The molecule has 1 aromatic heterocycles. The molecule has 1 aliphatic heterocycles. The first-order chi connectivity index (χ1) is 15.4. The number of ether oxygens (including phenoxy) is 2. The topological polar surface area (TPSA) is 107 Å². The Labute approximate surface area is 182 Å². The van der Waals surface area contributed by atoms with Crippen molar-refractivity contribution in [2.24, 2.45) is 0 Å². The van der Waals surface area contributed by atoms with Crippen LogP contribution in [-0.4, -0.2) is 42.6 Å². The number of urea groups is 1. The molecule has 0 unspecified atom stereocenters. The zero-order valence-corrected chi connectivity index (χ0v) is 17.3. The predicted molar refractivity (Wildman–Crippen MR) is 116 cm³/mol. The van der Waals surface area contributed by atoms with Crippen LogP contribution in [0, 0.1) is 0 Å². The van der Waals surface area contributed by atoms with Crippen LogP contribution in [0.25, 0.3) is 17.0 Å². The van der Waals surface area contributed by atoms with Crippen molar-refractivity contribution in [1.29, 1.82) is 0 Å². The first kappa shape index (κ1) is 20.9. The smallest absolute Gasteiger partial charge is 0.335 e. The van der Waals surface area contributed by atoms with Crippen molar-refractivity contribution < 1.29 is 28.7 Å². The molecule has 32 heavy (non-hydrogen) atoms. The van der Waals surface area contributed by atoms with Gasteiger partial charge in [-0.1, -0.05) is 18.2 Å². The number of anilines is 1. The highest BCUT2D eigenvalue weighted by Crippen LogP contribution is 2.27. The number of esters is 1. The van der Waals surface area contributed by atoms with E-state index in [1.54, 1.807) is 35.0 Å². The van der Waals surface area contributed by atoms with Gasteiger partial charge in [0.1, 0.15) is 17.9 Å². The largest absolute Gasteiger partial charge is 0.497 e. The van der Waals surface area contributed by atoms with Crippen molar-refractivity contribution in [2.75, 3.05) is 19.1 Å².